The van der Waals surface area contributed by atoms with Crippen LogP contribution >= 0.6 is 0 Å². The number of aromatic amines is 1. The average molecular weight is 325 g/mol. The van der Waals surface area contributed by atoms with Crippen molar-refractivity contribution in [3.05, 3.63) is 48.7 Å². The molecule has 1 fully saturated rings. The number of rotatable bonds is 4. The van der Waals surface area contributed by atoms with Crippen molar-refractivity contribution in [2.45, 2.75) is 38.0 Å². The molecule has 24 heavy (non-hydrogen) atoms. The lowest BCUT2D eigenvalue weighted by Gasteiger charge is -2.42. The highest BCUT2D eigenvalue weighted by Crippen LogP contribution is 2.38. The SMILES string of the molecule is CCCN1CC(n2cnnc2)C(O)CC1c1c[nH]c2ccccc12. The van der Waals surface area contributed by atoms with Crippen molar-refractivity contribution in [2.75, 3.05) is 13.1 Å². The Balaban J connectivity index is 1.67. The van der Waals surface area contributed by atoms with Crippen LogP contribution < -0.4 is 0 Å². The second-order valence-corrected chi connectivity index (χ2v) is 6.58. The number of aliphatic hydroxyl groups is 1. The van der Waals surface area contributed by atoms with Crippen molar-refractivity contribution in [3.63, 3.8) is 0 Å². The first-order valence-electron chi connectivity index (χ1n) is 8.60. The first-order chi connectivity index (χ1) is 11.8. The summed E-state index contributed by atoms with van der Waals surface area (Å²) in [6, 6.07) is 8.61. The molecule has 4 rings (SSSR count). The van der Waals surface area contributed by atoms with Gasteiger partial charge in [-0.3, -0.25) is 4.90 Å². The summed E-state index contributed by atoms with van der Waals surface area (Å²) >= 11 is 0. The molecule has 1 saturated heterocycles. The quantitative estimate of drug-likeness (QED) is 0.773. The molecule has 0 aliphatic carbocycles. The Morgan fingerprint density at radius 1 is 1.25 bits per heavy atom. The van der Waals surface area contributed by atoms with Gasteiger partial charge in [0.05, 0.1) is 12.1 Å². The van der Waals surface area contributed by atoms with E-state index < -0.39 is 6.10 Å². The fourth-order valence-corrected chi connectivity index (χ4v) is 3.92. The first kappa shape index (κ1) is 15.4. The highest BCUT2D eigenvalue weighted by atomic mass is 16.3. The number of aromatic nitrogens is 4. The van der Waals surface area contributed by atoms with E-state index in [0.29, 0.717) is 6.42 Å². The predicted octanol–water partition coefficient (Wildman–Crippen LogP) is 2.52. The fourth-order valence-electron chi connectivity index (χ4n) is 3.92. The zero-order valence-corrected chi connectivity index (χ0v) is 13.8. The van der Waals surface area contributed by atoms with Crippen LogP contribution in [0.25, 0.3) is 10.9 Å². The van der Waals surface area contributed by atoms with E-state index in [2.05, 4.69) is 51.4 Å². The molecule has 2 N–H and O–H groups in total. The van der Waals surface area contributed by atoms with Gasteiger partial charge in [-0.2, -0.15) is 0 Å². The van der Waals surface area contributed by atoms with Crippen molar-refractivity contribution < 1.29 is 5.11 Å². The van der Waals surface area contributed by atoms with Gasteiger partial charge in [0, 0.05) is 29.7 Å². The molecular weight excluding hydrogens is 302 g/mol. The smallest absolute Gasteiger partial charge is 0.119 e. The van der Waals surface area contributed by atoms with E-state index in [1.807, 2.05) is 10.6 Å². The monoisotopic (exact) mass is 325 g/mol. The topological polar surface area (TPSA) is 70.0 Å². The second kappa shape index (κ2) is 6.37. The third-order valence-corrected chi connectivity index (χ3v) is 5.08. The molecule has 0 saturated carbocycles. The van der Waals surface area contributed by atoms with Gasteiger partial charge in [-0.15, -0.1) is 10.2 Å². The van der Waals surface area contributed by atoms with E-state index in [-0.39, 0.29) is 12.1 Å². The zero-order chi connectivity index (χ0) is 16.5. The fraction of sp³-hybridized carbons (Fsp3) is 0.444. The summed E-state index contributed by atoms with van der Waals surface area (Å²) in [7, 11) is 0. The Kier molecular flexibility index (Phi) is 4.08. The standard InChI is InChI=1S/C18H23N5O/c1-2-7-22-10-17(23-11-20-21-12-23)18(24)8-16(22)14-9-19-15-6-4-3-5-13(14)15/h3-6,9,11-12,16-19,24H,2,7-8,10H2,1H3. The Morgan fingerprint density at radius 3 is 2.83 bits per heavy atom. The number of fused-ring (bicyclic) bond motifs is 1. The number of para-hydroxylation sites is 1. The van der Waals surface area contributed by atoms with Crippen LogP contribution in [-0.2, 0) is 0 Å². The maximum Gasteiger partial charge on any atom is 0.119 e. The highest BCUT2D eigenvalue weighted by molar-refractivity contribution is 5.83. The Morgan fingerprint density at radius 2 is 2.04 bits per heavy atom. The molecular formula is C18H23N5O. The van der Waals surface area contributed by atoms with Crippen LogP contribution in [0.1, 0.15) is 37.4 Å². The van der Waals surface area contributed by atoms with Gasteiger partial charge >= 0.3 is 0 Å². The number of benzene rings is 1. The van der Waals surface area contributed by atoms with Crippen LogP contribution in [0.5, 0.6) is 0 Å². The molecule has 0 bridgehead atoms. The number of hydrogen-bond donors (Lipinski definition) is 2. The van der Waals surface area contributed by atoms with Gasteiger partial charge < -0.3 is 14.7 Å². The van der Waals surface area contributed by atoms with E-state index in [1.54, 1.807) is 12.7 Å². The van der Waals surface area contributed by atoms with Gasteiger partial charge in [0.25, 0.3) is 0 Å². The zero-order valence-electron chi connectivity index (χ0n) is 13.8. The van der Waals surface area contributed by atoms with Crippen LogP contribution in [-0.4, -0.2) is 48.9 Å². The maximum absolute atomic E-state index is 10.8. The molecule has 6 nitrogen and oxygen atoms in total. The molecule has 3 aromatic rings. The van der Waals surface area contributed by atoms with Crippen molar-refractivity contribution in [1.82, 2.24) is 24.6 Å². The van der Waals surface area contributed by atoms with E-state index in [0.717, 1.165) is 25.0 Å². The number of aliphatic hydroxyl groups excluding tert-OH is 1. The molecule has 6 heteroatoms. The minimum absolute atomic E-state index is 0.00741. The van der Waals surface area contributed by atoms with Gasteiger partial charge in [-0.25, -0.2) is 0 Å². The number of nitrogens with zero attached hydrogens (tertiary/aromatic N) is 4. The van der Waals surface area contributed by atoms with Gasteiger partial charge in [0.2, 0.25) is 0 Å². The number of nitrogens with one attached hydrogen (secondary N) is 1. The lowest BCUT2D eigenvalue weighted by molar-refractivity contribution is -0.00198. The third kappa shape index (κ3) is 2.61. The summed E-state index contributed by atoms with van der Waals surface area (Å²) < 4.78 is 1.93. The summed E-state index contributed by atoms with van der Waals surface area (Å²) in [5.41, 5.74) is 2.43. The molecule has 1 aliphatic rings. The van der Waals surface area contributed by atoms with Crippen LogP contribution in [0.3, 0.4) is 0 Å². The number of hydrogen-bond acceptors (Lipinski definition) is 4. The molecule has 3 unspecified atom stereocenters. The molecule has 1 aromatic carbocycles. The van der Waals surface area contributed by atoms with Crippen LogP contribution in [0, 0.1) is 0 Å². The highest BCUT2D eigenvalue weighted by Gasteiger charge is 2.36. The van der Waals surface area contributed by atoms with Crippen molar-refractivity contribution in [1.29, 1.82) is 0 Å². The summed E-state index contributed by atoms with van der Waals surface area (Å²) in [6.45, 7) is 4.01. The lowest BCUT2D eigenvalue weighted by atomic mass is 9.90. The summed E-state index contributed by atoms with van der Waals surface area (Å²) in [5, 5.41) is 19.8. The largest absolute Gasteiger partial charge is 0.391 e. The molecule has 126 valence electrons. The molecule has 3 atom stereocenters. The Hall–Kier alpha value is -2.18. The molecule has 0 radical (unpaired) electrons. The van der Waals surface area contributed by atoms with Crippen molar-refractivity contribution >= 4 is 10.9 Å². The lowest BCUT2D eigenvalue weighted by Crippen LogP contribution is -2.46. The number of H-pyrrole nitrogens is 1. The third-order valence-electron chi connectivity index (χ3n) is 5.08. The van der Waals surface area contributed by atoms with E-state index >= 15 is 0 Å². The number of piperidine rings is 1. The molecule has 1 aliphatic heterocycles. The minimum Gasteiger partial charge on any atom is -0.391 e. The van der Waals surface area contributed by atoms with E-state index in [9.17, 15) is 5.11 Å². The van der Waals surface area contributed by atoms with Gasteiger partial charge in [-0.05, 0) is 31.0 Å². The Bertz CT molecular complexity index is 797. The van der Waals surface area contributed by atoms with E-state index in [1.165, 1.54) is 10.9 Å². The van der Waals surface area contributed by atoms with Crippen LogP contribution in [0.15, 0.2) is 43.1 Å². The van der Waals surface area contributed by atoms with Gasteiger partial charge in [0.15, 0.2) is 0 Å². The van der Waals surface area contributed by atoms with Gasteiger partial charge in [0.1, 0.15) is 12.7 Å². The van der Waals surface area contributed by atoms with Crippen LogP contribution in [0.4, 0.5) is 0 Å². The Labute approximate surface area is 141 Å². The molecule has 2 aromatic heterocycles. The maximum atomic E-state index is 10.8. The second-order valence-electron chi connectivity index (χ2n) is 6.58. The molecule has 0 spiro atoms. The first-order valence-corrected chi connectivity index (χ1v) is 8.60. The summed E-state index contributed by atoms with van der Waals surface area (Å²) in [6.07, 6.45) is 6.89. The molecule has 0 amide bonds. The van der Waals surface area contributed by atoms with Crippen molar-refractivity contribution in [2.24, 2.45) is 0 Å². The van der Waals surface area contributed by atoms with Crippen molar-refractivity contribution in [3.8, 4) is 0 Å². The number of likely N-dealkylation sites (tertiary alicyclic amines) is 1. The minimum atomic E-state index is -0.409. The average Bonchev–Trinajstić information content (AvgIpc) is 3.25. The summed E-state index contributed by atoms with van der Waals surface area (Å²) in [5.74, 6) is 0. The summed E-state index contributed by atoms with van der Waals surface area (Å²) in [4.78, 5) is 5.85. The normalized spacial score (nSPS) is 25.3. The predicted molar refractivity (Wildman–Crippen MR) is 92.6 cm³/mol. The van der Waals surface area contributed by atoms with Crippen LogP contribution in [0.2, 0.25) is 0 Å². The van der Waals surface area contributed by atoms with E-state index in [4.69, 9.17) is 0 Å². The van der Waals surface area contributed by atoms with Gasteiger partial charge in [-0.1, -0.05) is 25.1 Å². The molecule has 3 heterocycles.